The third-order valence-electron chi connectivity index (χ3n) is 4.00. The predicted octanol–water partition coefficient (Wildman–Crippen LogP) is 1.67. The van der Waals surface area contributed by atoms with Gasteiger partial charge in [0.15, 0.2) is 0 Å². The molecule has 0 aliphatic carbocycles. The first-order chi connectivity index (χ1) is 9.56. The fraction of sp³-hybridized carbons (Fsp3) is 0.562. The summed E-state index contributed by atoms with van der Waals surface area (Å²) in [6, 6.07) is 6.13. The molecule has 1 saturated heterocycles. The number of likely N-dealkylation sites (tertiary alicyclic amines) is 1. The van der Waals surface area contributed by atoms with Crippen molar-refractivity contribution in [3.05, 3.63) is 34.9 Å². The van der Waals surface area contributed by atoms with Crippen LogP contribution >= 0.6 is 0 Å². The zero-order valence-corrected chi connectivity index (χ0v) is 12.5. The Morgan fingerprint density at radius 2 is 2.10 bits per heavy atom. The van der Waals surface area contributed by atoms with Crippen LogP contribution in [0.5, 0.6) is 0 Å². The molecular formula is C16H25N3O. The van der Waals surface area contributed by atoms with Gasteiger partial charge in [0.05, 0.1) is 0 Å². The Morgan fingerprint density at radius 3 is 2.70 bits per heavy atom. The lowest BCUT2D eigenvalue weighted by Gasteiger charge is -2.21. The molecule has 4 nitrogen and oxygen atoms in total. The van der Waals surface area contributed by atoms with Crippen molar-refractivity contribution in [1.29, 1.82) is 0 Å². The molecule has 1 aromatic carbocycles. The van der Waals surface area contributed by atoms with E-state index >= 15 is 0 Å². The van der Waals surface area contributed by atoms with E-state index in [0.717, 1.165) is 18.7 Å². The molecule has 0 saturated carbocycles. The molecule has 1 fully saturated rings. The van der Waals surface area contributed by atoms with Crippen molar-refractivity contribution in [2.75, 3.05) is 19.6 Å². The topological polar surface area (TPSA) is 58.4 Å². The van der Waals surface area contributed by atoms with Gasteiger partial charge in [-0.2, -0.15) is 0 Å². The zero-order chi connectivity index (χ0) is 14.5. The number of nitrogens with zero attached hydrogens (tertiary/aromatic N) is 1. The van der Waals surface area contributed by atoms with E-state index < -0.39 is 0 Å². The quantitative estimate of drug-likeness (QED) is 0.830. The van der Waals surface area contributed by atoms with Crippen molar-refractivity contribution in [2.45, 2.75) is 39.3 Å². The van der Waals surface area contributed by atoms with Gasteiger partial charge >= 0.3 is 0 Å². The molecule has 1 aromatic rings. The maximum absolute atomic E-state index is 11.1. The molecule has 110 valence electrons. The highest BCUT2D eigenvalue weighted by molar-refractivity contribution is 5.93. The molecule has 1 aliphatic rings. The minimum absolute atomic E-state index is 0.366. The van der Waals surface area contributed by atoms with Crippen molar-refractivity contribution in [1.82, 2.24) is 10.2 Å². The van der Waals surface area contributed by atoms with Crippen molar-refractivity contribution < 1.29 is 4.79 Å². The smallest absolute Gasteiger partial charge is 0.248 e. The van der Waals surface area contributed by atoms with E-state index in [1.54, 1.807) is 6.07 Å². The largest absolute Gasteiger partial charge is 0.366 e. The molecular weight excluding hydrogens is 250 g/mol. The Bertz CT molecular complexity index is 467. The van der Waals surface area contributed by atoms with Crippen LogP contribution in [0.4, 0.5) is 0 Å². The molecule has 4 heteroatoms. The van der Waals surface area contributed by atoms with Gasteiger partial charge in [-0.1, -0.05) is 6.07 Å². The summed E-state index contributed by atoms with van der Waals surface area (Å²) in [5.41, 5.74) is 8.20. The van der Waals surface area contributed by atoms with Gasteiger partial charge in [-0.05, 0) is 63.0 Å². The molecule has 2 rings (SSSR count). The normalized spacial score (nSPS) is 17.3. The second-order valence-corrected chi connectivity index (χ2v) is 5.80. The highest BCUT2D eigenvalue weighted by Gasteiger charge is 2.14. The van der Waals surface area contributed by atoms with E-state index in [2.05, 4.69) is 17.1 Å². The molecule has 1 unspecified atom stereocenters. The van der Waals surface area contributed by atoms with Gasteiger partial charge in [0, 0.05) is 24.7 Å². The van der Waals surface area contributed by atoms with Gasteiger partial charge < -0.3 is 16.0 Å². The Kier molecular flexibility index (Phi) is 5.15. The third kappa shape index (κ3) is 4.05. The Labute approximate surface area is 121 Å². The SMILES string of the molecule is Cc1cc(C(N)=O)ccc1CNC(C)CN1CCCC1. The number of nitrogens with one attached hydrogen (secondary N) is 1. The monoisotopic (exact) mass is 275 g/mol. The number of hydrogen-bond donors (Lipinski definition) is 2. The standard InChI is InChI=1S/C16H25N3O/c1-12-9-14(16(17)20)5-6-15(12)10-18-13(2)11-19-7-3-4-8-19/h5-6,9,13,18H,3-4,7-8,10-11H2,1-2H3,(H2,17,20). The van der Waals surface area contributed by atoms with Crippen LogP contribution in [0, 0.1) is 6.92 Å². The number of benzene rings is 1. The molecule has 20 heavy (non-hydrogen) atoms. The van der Waals surface area contributed by atoms with E-state index in [1.807, 2.05) is 19.1 Å². The third-order valence-corrected chi connectivity index (χ3v) is 4.00. The Morgan fingerprint density at radius 1 is 1.40 bits per heavy atom. The van der Waals surface area contributed by atoms with E-state index in [1.165, 1.54) is 31.5 Å². The molecule has 3 N–H and O–H groups in total. The van der Waals surface area contributed by atoms with Gasteiger partial charge in [0.2, 0.25) is 5.91 Å². The number of amides is 1. The van der Waals surface area contributed by atoms with Crippen LogP contribution in [0.1, 0.15) is 41.3 Å². The summed E-state index contributed by atoms with van der Waals surface area (Å²) in [7, 11) is 0. The number of hydrogen-bond acceptors (Lipinski definition) is 3. The highest BCUT2D eigenvalue weighted by Crippen LogP contribution is 2.12. The van der Waals surface area contributed by atoms with Crippen molar-refractivity contribution >= 4 is 5.91 Å². The molecule has 0 aromatic heterocycles. The molecule has 1 heterocycles. The number of carbonyl (C=O) groups is 1. The van der Waals surface area contributed by atoms with Crippen LogP contribution in [0.3, 0.4) is 0 Å². The average Bonchev–Trinajstić information content (AvgIpc) is 2.90. The van der Waals surface area contributed by atoms with Gasteiger partial charge in [0.1, 0.15) is 0 Å². The Hall–Kier alpha value is -1.39. The van der Waals surface area contributed by atoms with Crippen LogP contribution in [0.2, 0.25) is 0 Å². The first kappa shape index (κ1) is 15.0. The van der Waals surface area contributed by atoms with E-state index in [0.29, 0.717) is 11.6 Å². The molecule has 0 radical (unpaired) electrons. The van der Waals surface area contributed by atoms with Crippen molar-refractivity contribution in [3.8, 4) is 0 Å². The molecule has 1 atom stereocenters. The fourth-order valence-electron chi connectivity index (χ4n) is 2.75. The maximum Gasteiger partial charge on any atom is 0.248 e. The minimum Gasteiger partial charge on any atom is -0.366 e. The van der Waals surface area contributed by atoms with Crippen molar-refractivity contribution in [2.24, 2.45) is 5.73 Å². The summed E-state index contributed by atoms with van der Waals surface area (Å²) in [6.07, 6.45) is 2.67. The van der Waals surface area contributed by atoms with Crippen molar-refractivity contribution in [3.63, 3.8) is 0 Å². The second-order valence-electron chi connectivity index (χ2n) is 5.80. The lowest BCUT2D eigenvalue weighted by molar-refractivity contribution is 0.1000. The summed E-state index contributed by atoms with van der Waals surface area (Å²) < 4.78 is 0. The van der Waals surface area contributed by atoms with Crippen LogP contribution in [-0.2, 0) is 6.54 Å². The summed E-state index contributed by atoms with van der Waals surface area (Å²) in [4.78, 5) is 13.6. The lowest BCUT2D eigenvalue weighted by Crippen LogP contribution is -2.37. The van der Waals surface area contributed by atoms with Crippen LogP contribution < -0.4 is 11.1 Å². The highest BCUT2D eigenvalue weighted by atomic mass is 16.1. The summed E-state index contributed by atoms with van der Waals surface area (Å²) in [6.45, 7) is 8.66. The molecule has 1 aliphatic heterocycles. The van der Waals surface area contributed by atoms with Gasteiger partial charge in [0.25, 0.3) is 0 Å². The number of carbonyl (C=O) groups excluding carboxylic acids is 1. The average molecular weight is 275 g/mol. The summed E-state index contributed by atoms with van der Waals surface area (Å²) >= 11 is 0. The van der Waals surface area contributed by atoms with E-state index in [4.69, 9.17) is 5.73 Å². The van der Waals surface area contributed by atoms with E-state index in [-0.39, 0.29) is 5.91 Å². The maximum atomic E-state index is 11.1. The number of primary amides is 1. The van der Waals surface area contributed by atoms with Gasteiger partial charge in [-0.15, -0.1) is 0 Å². The van der Waals surface area contributed by atoms with Gasteiger partial charge in [-0.25, -0.2) is 0 Å². The first-order valence-electron chi connectivity index (χ1n) is 7.41. The van der Waals surface area contributed by atoms with Crippen LogP contribution in [-0.4, -0.2) is 36.5 Å². The van der Waals surface area contributed by atoms with Gasteiger partial charge in [-0.3, -0.25) is 4.79 Å². The lowest BCUT2D eigenvalue weighted by atomic mass is 10.0. The van der Waals surface area contributed by atoms with Crippen LogP contribution in [0.25, 0.3) is 0 Å². The number of rotatable bonds is 6. The summed E-state index contributed by atoms with van der Waals surface area (Å²) in [5.74, 6) is -0.366. The molecule has 0 bridgehead atoms. The molecule has 0 spiro atoms. The fourth-order valence-corrected chi connectivity index (χ4v) is 2.75. The Balaban J connectivity index is 1.85. The summed E-state index contributed by atoms with van der Waals surface area (Å²) in [5, 5.41) is 3.56. The second kappa shape index (κ2) is 6.86. The zero-order valence-electron chi connectivity index (χ0n) is 12.5. The number of aryl methyl sites for hydroxylation is 1. The first-order valence-corrected chi connectivity index (χ1v) is 7.41. The van der Waals surface area contributed by atoms with E-state index in [9.17, 15) is 4.79 Å². The molecule has 1 amide bonds. The predicted molar refractivity (Wildman–Crippen MR) is 81.7 cm³/mol. The van der Waals surface area contributed by atoms with Crippen LogP contribution in [0.15, 0.2) is 18.2 Å². The number of nitrogens with two attached hydrogens (primary N) is 1. The minimum atomic E-state index is -0.366.